The fourth-order valence-electron chi connectivity index (χ4n) is 6.00. The van der Waals surface area contributed by atoms with Gasteiger partial charge in [-0.3, -0.25) is 9.36 Å². The molecule has 0 saturated heterocycles. The maximum atomic E-state index is 14.2. The molecule has 2 heteroatoms. The first-order valence-corrected chi connectivity index (χ1v) is 12.4. The summed E-state index contributed by atoms with van der Waals surface area (Å²) in [5.74, 6) is 0. The second kappa shape index (κ2) is 7.53. The van der Waals surface area contributed by atoms with E-state index in [0.717, 1.165) is 44.2 Å². The summed E-state index contributed by atoms with van der Waals surface area (Å²) in [5, 5.41) is 3.08. The highest BCUT2D eigenvalue weighted by Crippen LogP contribution is 2.48. The van der Waals surface area contributed by atoms with Crippen LogP contribution in [0.1, 0.15) is 25.0 Å². The van der Waals surface area contributed by atoms with Crippen molar-refractivity contribution in [2.45, 2.75) is 19.3 Å². The first-order valence-electron chi connectivity index (χ1n) is 12.4. The van der Waals surface area contributed by atoms with Crippen molar-refractivity contribution in [3.05, 3.63) is 137 Å². The van der Waals surface area contributed by atoms with E-state index in [9.17, 15) is 4.79 Å². The van der Waals surface area contributed by atoms with Crippen LogP contribution in [0.3, 0.4) is 0 Å². The van der Waals surface area contributed by atoms with Crippen LogP contribution >= 0.6 is 0 Å². The van der Waals surface area contributed by atoms with Gasteiger partial charge in [0, 0.05) is 21.6 Å². The molecule has 0 saturated carbocycles. The van der Waals surface area contributed by atoms with Gasteiger partial charge in [-0.2, -0.15) is 0 Å². The number of benzene rings is 5. The highest BCUT2D eigenvalue weighted by molar-refractivity contribution is 6.13. The molecule has 0 N–H and O–H groups in total. The Kier molecular flexibility index (Phi) is 4.37. The Labute approximate surface area is 210 Å². The molecule has 1 heterocycles. The number of nitrogens with zero attached hydrogens (tertiary/aromatic N) is 1. The Balaban J connectivity index is 1.61. The van der Waals surface area contributed by atoms with E-state index < -0.39 is 0 Å². The minimum atomic E-state index is -0.145. The van der Waals surface area contributed by atoms with Crippen molar-refractivity contribution in [1.82, 2.24) is 4.57 Å². The Bertz CT molecular complexity index is 1800. The quantitative estimate of drug-likeness (QED) is 0.243. The van der Waals surface area contributed by atoms with Gasteiger partial charge in [0.15, 0.2) is 0 Å². The molecule has 7 rings (SSSR count). The lowest BCUT2D eigenvalue weighted by atomic mass is 9.82. The van der Waals surface area contributed by atoms with E-state index in [0.29, 0.717) is 0 Å². The molecular weight excluding hydrogens is 438 g/mol. The number of hydrogen-bond acceptors (Lipinski definition) is 1. The smallest absolute Gasteiger partial charge is 0.263 e. The van der Waals surface area contributed by atoms with E-state index in [1.54, 1.807) is 0 Å². The van der Waals surface area contributed by atoms with Gasteiger partial charge in [-0.15, -0.1) is 0 Å². The van der Waals surface area contributed by atoms with Gasteiger partial charge in [0.2, 0.25) is 0 Å². The van der Waals surface area contributed by atoms with Crippen molar-refractivity contribution in [3.63, 3.8) is 0 Å². The fraction of sp³-hybridized carbons (Fsp3) is 0.0882. The third-order valence-corrected chi connectivity index (χ3v) is 7.77. The van der Waals surface area contributed by atoms with Gasteiger partial charge in [-0.1, -0.05) is 98.8 Å². The molecule has 0 amide bonds. The minimum Gasteiger partial charge on any atom is -0.276 e. The summed E-state index contributed by atoms with van der Waals surface area (Å²) >= 11 is 0. The van der Waals surface area contributed by atoms with Crippen LogP contribution < -0.4 is 5.56 Å². The maximum absolute atomic E-state index is 14.2. The summed E-state index contributed by atoms with van der Waals surface area (Å²) in [6.45, 7) is 4.52. The molecule has 36 heavy (non-hydrogen) atoms. The van der Waals surface area contributed by atoms with Gasteiger partial charge in [0.25, 0.3) is 5.56 Å². The number of pyridine rings is 1. The van der Waals surface area contributed by atoms with Crippen LogP contribution in [0, 0.1) is 0 Å². The zero-order chi connectivity index (χ0) is 24.4. The van der Waals surface area contributed by atoms with Crippen molar-refractivity contribution in [3.8, 4) is 27.9 Å². The third-order valence-electron chi connectivity index (χ3n) is 7.77. The van der Waals surface area contributed by atoms with Crippen molar-refractivity contribution < 1.29 is 0 Å². The van der Waals surface area contributed by atoms with Crippen LogP contribution in [0.2, 0.25) is 0 Å². The summed E-state index contributed by atoms with van der Waals surface area (Å²) in [5.41, 5.74) is 8.68. The Morgan fingerprint density at radius 2 is 1.11 bits per heavy atom. The molecule has 1 aliphatic carbocycles. The van der Waals surface area contributed by atoms with Gasteiger partial charge in [-0.05, 0) is 63.7 Å². The van der Waals surface area contributed by atoms with E-state index in [4.69, 9.17) is 0 Å². The maximum Gasteiger partial charge on any atom is 0.263 e. The molecule has 2 nitrogen and oxygen atoms in total. The van der Waals surface area contributed by atoms with Crippen LogP contribution in [0.4, 0.5) is 0 Å². The Morgan fingerprint density at radius 1 is 0.556 bits per heavy atom. The Hall–Kier alpha value is -4.43. The van der Waals surface area contributed by atoms with E-state index >= 15 is 0 Å². The molecule has 0 unspecified atom stereocenters. The summed E-state index contributed by atoms with van der Waals surface area (Å²) < 4.78 is 1.92. The lowest BCUT2D eigenvalue weighted by Crippen LogP contribution is -2.19. The van der Waals surface area contributed by atoms with Gasteiger partial charge >= 0.3 is 0 Å². The molecule has 0 aliphatic heterocycles. The molecule has 0 fully saturated rings. The molecule has 0 radical (unpaired) electrons. The predicted molar refractivity (Wildman–Crippen MR) is 150 cm³/mol. The van der Waals surface area contributed by atoms with Crippen LogP contribution in [-0.4, -0.2) is 4.57 Å². The minimum absolute atomic E-state index is 0.0263. The highest BCUT2D eigenvalue weighted by Gasteiger charge is 2.35. The topological polar surface area (TPSA) is 22.0 Å². The zero-order valence-electron chi connectivity index (χ0n) is 20.3. The van der Waals surface area contributed by atoms with E-state index in [-0.39, 0.29) is 11.0 Å². The lowest BCUT2D eigenvalue weighted by molar-refractivity contribution is 0.663. The van der Waals surface area contributed by atoms with Crippen molar-refractivity contribution in [2.75, 3.05) is 0 Å². The monoisotopic (exact) mass is 463 g/mol. The molecule has 172 valence electrons. The van der Waals surface area contributed by atoms with Crippen molar-refractivity contribution in [1.29, 1.82) is 0 Å². The summed E-state index contributed by atoms with van der Waals surface area (Å²) in [4.78, 5) is 14.2. The fourth-order valence-corrected chi connectivity index (χ4v) is 6.00. The van der Waals surface area contributed by atoms with Crippen LogP contribution in [0.25, 0.3) is 49.6 Å². The number of aromatic nitrogens is 1. The molecule has 0 atom stereocenters. The standard InChI is InChI=1S/C34H25NO/c1-34(2)28-16-9-15-27-31(28)32-29(34)17-10-18-30(32)35(33(27)36)26-20-24(22-11-5-3-6-12-22)19-25(21-26)23-13-7-4-8-14-23/h3-21H,1-2H3. The van der Waals surface area contributed by atoms with Crippen LogP contribution in [0.5, 0.6) is 0 Å². The van der Waals surface area contributed by atoms with Crippen LogP contribution in [0.15, 0.2) is 120 Å². The van der Waals surface area contributed by atoms with Gasteiger partial charge in [0.05, 0.1) is 11.2 Å². The number of rotatable bonds is 3. The molecule has 5 aromatic carbocycles. The van der Waals surface area contributed by atoms with E-state index in [1.807, 2.05) is 28.8 Å². The SMILES string of the molecule is CC1(C)c2cccc3c(=O)n(-c4cc(-c5ccccc5)cc(-c5ccccc5)c4)c4cccc1c4c23. The molecule has 0 spiro atoms. The van der Waals surface area contributed by atoms with Gasteiger partial charge < -0.3 is 0 Å². The van der Waals surface area contributed by atoms with Gasteiger partial charge in [-0.25, -0.2) is 0 Å². The largest absolute Gasteiger partial charge is 0.276 e. The molecule has 1 aromatic heterocycles. The second-order valence-corrected chi connectivity index (χ2v) is 10.2. The van der Waals surface area contributed by atoms with Crippen molar-refractivity contribution in [2.24, 2.45) is 0 Å². The Morgan fingerprint density at radius 3 is 1.72 bits per heavy atom. The molecule has 0 bridgehead atoms. The number of hydrogen-bond donors (Lipinski definition) is 0. The molecular formula is C34H25NO. The first kappa shape index (κ1) is 20.9. The van der Waals surface area contributed by atoms with Crippen LogP contribution in [-0.2, 0) is 5.41 Å². The van der Waals surface area contributed by atoms with Crippen molar-refractivity contribution >= 4 is 21.7 Å². The molecule has 6 aromatic rings. The van der Waals surface area contributed by atoms with Gasteiger partial charge in [0.1, 0.15) is 0 Å². The first-order chi connectivity index (χ1) is 17.5. The predicted octanol–water partition coefficient (Wildman–Crippen LogP) is 8.12. The summed E-state index contributed by atoms with van der Waals surface area (Å²) in [6, 6.07) is 39.9. The highest BCUT2D eigenvalue weighted by atomic mass is 16.1. The zero-order valence-corrected chi connectivity index (χ0v) is 20.3. The average molecular weight is 464 g/mol. The summed E-state index contributed by atoms with van der Waals surface area (Å²) in [6.07, 6.45) is 0. The normalized spacial score (nSPS) is 13.6. The average Bonchev–Trinajstić information content (AvgIpc) is 3.17. The van der Waals surface area contributed by atoms with E-state index in [1.165, 1.54) is 16.5 Å². The molecule has 1 aliphatic rings. The third kappa shape index (κ3) is 2.88. The van der Waals surface area contributed by atoms with E-state index in [2.05, 4.69) is 105 Å². The lowest BCUT2D eigenvalue weighted by Gasteiger charge is -2.21. The second-order valence-electron chi connectivity index (χ2n) is 10.2. The summed E-state index contributed by atoms with van der Waals surface area (Å²) in [7, 11) is 0.